The molecule has 96 valence electrons. The molecule has 18 heavy (non-hydrogen) atoms. The normalized spacial score (nSPS) is 23.8. The number of hydrogen-bond donors (Lipinski definition) is 0. The first-order chi connectivity index (χ1) is 8.37. The van der Waals surface area contributed by atoms with E-state index in [4.69, 9.17) is 10.7 Å². The summed E-state index contributed by atoms with van der Waals surface area (Å²) >= 11 is 0. The van der Waals surface area contributed by atoms with Gasteiger partial charge in [-0.3, -0.25) is 0 Å². The van der Waals surface area contributed by atoms with Gasteiger partial charge in [-0.2, -0.15) is 0 Å². The van der Waals surface area contributed by atoms with Crippen LogP contribution in [0.4, 0.5) is 0 Å². The second-order valence-corrected chi connectivity index (χ2v) is 7.45. The topological polar surface area (TPSA) is 34.1 Å². The second kappa shape index (κ2) is 4.56. The van der Waals surface area contributed by atoms with Gasteiger partial charge in [0.25, 0.3) is 0 Å². The van der Waals surface area contributed by atoms with Crippen molar-refractivity contribution in [3.63, 3.8) is 0 Å². The maximum atomic E-state index is 12.1. The van der Waals surface area contributed by atoms with Crippen molar-refractivity contribution in [2.24, 2.45) is 0 Å². The van der Waals surface area contributed by atoms with Crippen LogP contribution in [0.1, 0.15) is 24.5 Å². The largest absolute Gasteiger partial charge is 0.246 e. The molecule has 0 spiro atoms. The van der Waals surface area contributed by atoms with Gasteiger partial charge >= 0.3 is 0 Å². The van der Waals surface area contributed by atoms with Gasteiger partial charge in [0.05, 0.1) is 0 Å². The fraction of sp³-hybridized carbons (Fsp3) is 0.286. The summed E-state index contributed by atoms with van der Waals surface area (Å²) in [7, 11) is 1.97. The SMILES string of the molecule is CC1=CCC(c2ccccc2C)(S(=O)(=O)Cl)C=C1. The molecule has 0 saturated carbocycles. The smallest absolute Gasteiger partial charge is 0.211 e. The van der Waals surface area contributed by atoms with Gasteiger partial charge in [0.1, 0.15) is 4.75 Å². The van der Waals surface area contributed by atoms with Crippen LogP contribution in [0.25, 0.3) is 0 Å². The van der Waals surface area contributed by atoms with Crippen LogP contribution < -0.4 is 0 Å². The van der Waals surface area contributed by atoms with E-state index in [-0.39, 0.29) is 0 Å². The predicted octanol–water partition coefficient (Wildman–Crippen LogP) is 3.67. The van der Waals surface area contributed by atoms with Crippen molar-refractivity contribution in [3.05, 3.63) is 59.2 Å². The van der Waals surface area contributed by atoms with E-state index in [1.54, 1.807) is 6.08 Å². The molecule has 2 rings (SSSR count). The zero-order chi connectivity index (χ0) is 13.4. The van der Waals surface area contributed by atoms with Gasteiger partial charge in [-0.05, 0) is 31.4 Å². The Morgan fingerprint density at radius 3 is 2.39 bits per heavy atom. The Hall–Kier alpha value is -1.06. The lowest BCUT2D eigenvalue weighted by molar-refractivity contribution is 0.571. The van der Waals surface area contributed by atoms with Gasteiger partial charge in [-0.25, -0.2) is 8.42 Å². The summed E-state index contributed by atoms with van der Waals surface area (Å²) in [6.07, 6.45) is 5.81. The van der Waals surface area contributed by atoms with Crippen LogP contribution in [0.2, 0.25) is 0 Å². The average molecular weight is 283 g/mol. The lowest BCUT2D eigenvalue weighted by Crippen LogP contribution is -2.32. The Morgan fingerprint density at radius 1 is 1.22 bits per heavy atom. The van der Waals surface area contributed by atoms with Crippen molar-refractivity contribution in [1.29, 1.82) is 0 Å². The molecule has 0 aromatic heterocycles. The molecule has 0 aliphatic heterocycles. The van der Waals surface area contributed by atoms with Crippen LogP contribution in [-0.2, 0) is 13.8 Å². The average Bonchev–Trinajstić information content (AvgIpc) is 2.30. The van der Waals surface area contributed by atoms with Crippen LogP contribution in [0.5, 0.6) is 0 Å². The van der Waals surface area contributed by atoms with Crippen molar-refractivity contribution < 1.29 is 8.42 Å². The Labute approximate surface area is 112 Å². The summed E-state index contributed by atoms with van der Waals surface area (Å²) in [4.78, 5) is 0. The lowest BCUT2D eigenvalue weighted by atomic mass is 9.87. The maximum Gasteiger partial charge on any atom is 0.246 e. The number of benzene rings is 1. The number of allylic oxidation sites excluding steroid dienone is 3. The Bertz CT molecular complexity index is 629. The highest BCUT2D eigenvalue weighted by atomic mass is 35.7. The van der Waals surface area contributed by atoms with E-state index in [1.807, 2.05) is 50.3 Å². The number of halogens is 1. The molecule has 0 saturated heterocycles. The third-order valence-corrected chi connectivity index (χ3v) is 5.60. The van der Waals surface area contributed by atoms with E-state index in [2.05, 4.69) is 0 Å². The van der Waals surface area contributed by atoms with Gasteiger partial charge in [0.2, 0.25) is 9.05 Å². The molecule has 0 radical (unpaired) electrons. The van der Waals surface area contributed by atoms with E-state index in [1.165, 1.54) is 0 Å². The van der Waals surface area contributed by atoms with Crippen LogP contribution >= 0.6 is 10.7 Å². The van der Waals surface area contributed by atoms with Gasteiger partial charge < -0.3 is 0 Å². The fourth-order valence-electron chi connectivity index (χ4n) is 2.27. The molecule has 1 aliphatic carbocycles. The molecule has 0 amide bonds. The summed E-state index contributed by atoms with van der Waals surface area (Å²) < 4.78 is 23.0. The minimum Gasteiger partial charge on any atom is -0.211 e. The molecular weight excluding hydrogens is 268 g/mol. The quantitative estimate of drug-likeness (QED) is 0.776. The number of rotatable bonds is 2. The predicted molar refractivity (Wildman–Crippen MR) is 75.1 cm³/mol. The molecule has 0 heterocycles. The molecule has 4 heteroatoms. The van der Waals surface area contributed by atoms with E-state index >= 15 is 0 Å². The van der Waals surface area contributed by atoms with Gasteiger partial charge in [0.15, 0.2) is 0 Å². The molecule has 1 unspecified atom stereocenters. The van der Waals surface area contributed by atoms with Gasteiger partial charge in [-0.15, -0.1) is 0 Å². The first-order valence-electron chi connectivity index (χ1n) is 5.73. The fourth-order valence-corrected chi connectivity index (χ4v) is 3.87. The third-order valence-electron chi connectivity index (χ3n) is 3.38. The summed E-state index contributed by atoms with van der Waals surface area (Å²) in [6.45, 7) is 3.84. The molecule has 2 nitrogen and oxygen atoms in total. The van der Waals surface area contributed by atoms with Crippen LogP contribution in [0.15, 0.2) is 48.1 Å². The second-order valence-electron chi connectivity index (χ2n) is 4.63. The van der Waals surface area contributed by atoms with Crippen LogP contribution in [0.3, 0.4) is 0 Å². The Balaban J connectivity index is 2.67. The molecule has 1 aromatic carbocycles. The van der Waals surface area contributed by atoms with E-state index < -0.39 is 13.8 Å². The zero-order valence-corrected chi connectivity index (χ0v) is 11.9. The molecule has 1 atom stereocenters. The molecule has 0 N–H and O–H groups in total. The van der Waals surface area contributed by atoms with Crippen molar-refractivity contribution in [3.8, 4) is 0 Å². The number of aryl methyl sites for hydroxylation is 1. The Kier molecular flexibility index (Phi) is 3.39. The first-order valence-corrected chi connectivity index (χ1v) is 8.04. The zero-order valence-electron chi connectivity index (χ0n) is 10.4. The monoisotopic (exact) mass is 282 g/mol. The highest BCUT2D eigenvalue weighted by molar-refractivity contribution is 8.14. The Morgan fingerprint density at radius 2 is 1.89 bits per heavy atom. The van der Waals surface area contributed by atoms with Crippen LogP contribution in [-0.4, -0.2) is 8.42 Å². The van der Waals surface area contributed by atoms with Gasteiger partial charge in [-0.1, -0.05) is 48.1 Å². The van der Waals surface area contributed by atoms with E-state index in [9.17, 15) is 8.42 Å². The van der Waals surface area contributed by atoms with Crippen molar-refractivity contribution >= 4 is 19.7 Å². The summed E-state index contributed by atoms with van der Waals surface area (Å²) in [5.74, 6) is 0. The summed E-state index contributed by atoms with van der Waals surface area (Å²) in [5.41, 5.74) is 2.74. The van der Waals surface area contributed by atoms with Gasteiger partial charge in [0, 0.05) is 10.7 Å². The maximum absolute atomic E-state index is 12.1. The molecule has 1 aliphatic rings. The van der Waals surface area contributed by atoms with Crippen molar-refractivity contribution in [2.75, 3.05) is 0 Å². The summed E-state index contributed by atoms with van der Waals surface area (Å²) in [5, 5.41) is 0. The van der Waals surface area contributed by atoms with Crippen molar-refractivity contribution in [1.82, 2.24) is 0 Å². The minimum absolute atomic E-state index is 0.381. The highest BCUT2D eigenvalue weighted by Gasteiger charge is 2.43. The minimum atomic E-state index is -3.75. The van der Waals surface area contributed by atoms with Crippen molar-refractivity contribution in [2.45, 2.75) is 25.0 Å². The molecule has 1 aromatic rings. The molecule has 0 fully saturated rings. The first kappa shape index (κ1) is 13.4. The lowest BCUT2D eigenvalue weighted by Gasteiger charge is -2.30. The number of hydrogen-bond acceptors (Lipinski definition) is 2. The third kappa shape index (κ3) is 2.13. The van der Waals surface area contributed by atoms with E-state index in [0.29, 0.717) is 6.42 Å². The molecule has 0 bridgehead atoms. The highest BCUT2D eigenvalue weighted by Crippen LogP contribution is 2.42. The van der Waals surface area contributed by atoms with E-state index in [0.717, 1.165) is 16.7 Å². The molecular formula is C14H15ClO2S. The standard InChI is InChI=1S/C14H15ClO2S/c1-11-7-9-14(10-8-11,18(15,16)17)13-6-4-3-5-12(13)2/h3-9H,10H2,1-2H3. The summed E-state index contributed by atoms with van der Waals surface area (Å²) in [6, 6.07) is 7.46. The van der Waals surface area contributed by atoms with Crippen LogP contribution in [0, 0.1) is 6.92 Å².